The molecule has 0 heterocycles. The van der Waals surface area contributed by atoms with E-state index in [1.165, 1.54) is 0 Å². The smallest absolute Gasteiger partial charge is 0.305 e. The highest BCUT2D eigenvalue weighted by atomic mass is 16.5. The summed E-state index contributed by atoms with van der Waals surface area (Å²) in [6.07, 6.45) is 1.17. The molecule has 5 nitrogen and oxygen atoms in total. The van der Waals surface area contributed by atoms with Gasteiger partial charge in [-0.05, 0) is 30.5 Å². The predicted molar refractivity (Wildman–Crippen MR) is 70.2 cm³/mol. The molecule has 5 heteroatoms. The number of benzene rings is 1. The van der Waals surface area contributed by atoms with Gasteiger partial charge in [-0.3, -0.25) is 4.79 Å². The molecule has 1 fully saturated rings. The van der Waals surface area contributed by atoms with Crippen LogP contribution in [0, 0.1) is 0 Å². The van der Waals surface area contributed by atoms with Crippen molar-refractivity contribution in [1.29, 1.82) is 0 Å². The van der Waals surface area contributed by atoms with Crippen molar-refractivity contribution in [3.63, 3.8) is 0 Å². The molecule has 1 aliphatic carbocycles. The molecule has 0 bridgehead atoms. The number of ether oxygens (including phenoxy) is 1. The number of aliphatic carboxylic acids is 1. The van der Waals surface area contributed by atoms with E-state index in [0.717, 1.165) is 12.8 Å². The van der Waals surface area contributed by atoms with Gasteiger partial charge in [0, 0.05) is 12.1 Å². The van der Waals surface area contributed by atoms with Crippen LogP contribution in [0.25, 0.3) is 0 Å². The third-order valence-corrected chi connectivity index (χ3v) is 3.26. The van der Waals surface area contributed by atoms with Crippen LogP contribution in [0.5, 0.6) is 5.75 Å². The molecule has 104 valence electrons. The normalized spacial score (nSPS) is 17.8. The maximum absolute atomic E-state index is 10.9. The third kappa shape index (κ3) is 3.94. The summed E-state index contributed by atoms with van der Waals surface area (Å²) in [6.45, 7) is 0. The van der Waals surface area contributed by atoms with E-state index in [9.17, 15) is 9.90 Å². The molecule has 19 heavy (non-hydrogen) atoms. The summed E-state index contributed by atoms with van der Waals surface area (Å²) >= 11 is 0. The Balaban J connectivity index is 2.06. The Morgan fingerprint density at radius 3 is 2.53 bits per heavy atom. The lowest BCUT2D eigenvalue weighted by atomic mass is 9.99. The van der Waals surface area contributed by atoms with Gasteiger partial charge in [-0.15, -0.1) is 0 Å². The fourth-order valence-corrected chi connectivity index (χ4v) is 2.04. The Morgan fingerprint density at radius 1 is 1.42 bits per heavy atom. The van der Waals surface area contributed by atoms with Crippen molar-refractivity contribution in [2.24, 2.45) is 0 Å². The first kappa shape index (κ1) is 13.8. The van der Waals surface area contributed by atoms with E-state index in [1.807, 2.05) is 0 Å². The summed E-state index contributed by atoms with van der Waals surface area (Å²) in [5.41, 5.74) is 0.695. The SMILES string of the molecule is COc1ccc(C(O)C(CC(=O)O)NC2CC2)cc1. The van der Waals surface area contributed by atoms with Crippen molar-refractivity contribution in [3.8, 4) is 5.75 Å². The van der Waals surface area contributed by atoms with Crippen LogP contribution in [-0.4, -0.2) is 35.4 Å². The highest BCUT2D eigenvalue weighted by Crippen LogP contribution is 2.26. The quantitative estimate of drug-likeness (QED) is 0.693. The highest BCUT2D eigenvalue weighted by Gasteiger charge is 2.30. The number of hydrogen-bond acceptors (Lipinski definition) is 4. The topological polar surface area (TPSA) is 78.8 Å². The van der Waals surface area contributed by atoms with Crippen LogP contribution in [-0.2, 0) is 4.79 Å². The van der Waals surface area contributed by atoms with Crippen LogP contribution < -0.4 is 10.1 Å². The number of hydrogen-bond donors (Lipinski definition) is 3. The Bertz CT molecular complexity index is 428. The van der Waals surface area contributed by atoms with E-state index in [1.54, 1.807) is 31.4 Å². The van der Waals surface area contributed by atoms with Crippen molar-refractivity contribution in [1.82, 2.24) is 5.32 Å². The zero-order valence-corrected chi connectivity index (χ0v) is 10.9. The monoisotopic (exact) mass is 265 g/mol. The summed E-state index contributed by atoms with van der Waals surface area (Å²) < 4.78 is 5.06. The summed E-state index contributed by atoms with van der Waals surface area (Å²) in [6, 6.07) is 6.91. The summed E-state index contributed by atoms with van der Waals surface area (Å²) in [4.78, 5) is 10.9. The second-order valence-electron chi connectivity index (χ2n) is 4.86. The minimum absolute atomic E-state index is 0.0936. The van der Waals surface area contributed by atoms with Gasteiger partial charge >= 0.3 is 5.97 Å². The van der Waals surface area contributed by atoms with Crippen LogP contribution in [0.3, 0.4) is 0 Å². The standard InChI is InChI=1S/C14H19NO4/c1-19-11-6-2-9(3-7-11)14(18)12(8-13(16)17)15-10-4-5-10/h2-3,6-7,10,12,14-15,18H,4-5,8H2,1H3,(H,16,17). The Labute approximate surface area is 112 Å². The molecule has 1 aliphatic rings. The lowest BCUT2D eigenvalue weighted by Crippen LogP contribution is -2.38. The van der Waals surface area contributed by atoms with Gasteiger partial charge < -0.3 is 20.3 Å². The third-order valence-electron chi connectivity index (χ3n) is 3.26. The van der Waals surface area contributed by atoms with Gasteiger partial charge in [0.25, 0.3) is 0 Å². The molecule has 2 rings (SSSR count). The first-order valence-electron chi connectivity index (χ1n) is 6.40. The maximum atomic E-state index is 10.9. The number of carboxylic acid groups (broad SMARTS) is 1. The first-order chi connectivity index (χ1) is 9.10. The first-order valence-corrected chi connectivity index (χ1v) is 6.40. The lowest BCUT2D eigenvalue weighted by Gasteiger charge is -2.23. The van der Waals surface area contributed by atoms with E-state index in [-0.39, 0.29) is 6.42 Å². The average Bonchev–Trinajstić information content (AvgIpc) is 3.21. The van der Waals surface area contributed by atoms with Crippen molar-refractivity contribution < 1.29 is 19.7 Å². The summed E-state index contributed by atoms with van der Waals surface area (Å²) in [5, 5.41) is 22.4. The largest absolute Gasteiger partial charge is 0.497 e. The molecule has 0 saturated heterocycles. The maximum Gasteiger partial charge on any atom is 0.305 e. The Hall–Kier alpha value is -1.59. The van der Waals surface area contributed by atoms with Gasteiger partial charge in [-0.1, -0.05) is 12.1 Å². The fraction of sp³-hybridized carbons (Fsp3) is 0.500. The molecule has 0 spiro atoms. The minimum atomic E-state index is -0.911. The molecule has 0 radical (unpaired) electrons. The zero-order chi connectivity index (χ0) is 13.8. The molecule has 2 unspecified atom stereocenters. The summed E-state index contributed by atoms with van der Waals surface area (Å²) in [7, 11) is 1.58. The molecule has 3 N–H and O–H groups in total. The zero-order valence-electron chi connectivity index (χ0n) is 10.9. The van der Waals surface area contributed by atoms with Crippen LogP contribution >= 0.6 is 0 Å². The molecular formula is C14H19NO4. The Kier molecular flexibility index (Phi) is 4.39. The molecule has 1 aromatic carbocycles. The van der Waals surface area contributed by atoms with Crippen LogP contribution in [0.1, 0.15) is 30.9 Å². The molecule has 1 aromatic rings. The van der Waals surface area contributed by atoms with Crippen molar-refractivity contribution in [2.45, 2.75) is 37.5 Å². The van der Waals surface area contributed by atoms with Gasteiger partial charge in [0.2, 0.25) is 0 Å². The fourth-order valence-electron chi connectivity index (χ4n) is 2.04. The van der Waals surface area contributed by atoms with E-state index in [4.69, 9.17) is 9.84 Å². The number of carboxylic acids is 1. The van der Waals surface area contributed by atoms with Crippen LogP contribution in [0.2, 0.25) is 0 Å². The second kappa shape index (κ2) is 6.04. The number of carbonyl (C=O) groups is 1. The molecule has 0 amide bonds. The lowest BCUT2D eigenvalue weighted by molar-refractivity contribution is -0.138. The van der Waals surface area contributed by atoms with Gasteiger partial charge in [-0.25, -0.2) is 0 Å². The molecule has 2 atom stereocenters. The van der Waals surface area contributed by atoms with E-state index < -0.39 is 18.1 Å². The van der Waals surface area contributed by atoms with Gasteiger partial charge in [0.1, 0.15) is 5.75 Å². The van der Waals surface area contributed by atoms with Crippen LogP contribution in [0.4, 0.5) is 0 Å². The van der Waals surface area contributed by atoms with Gasteiger partial charge in [0.15, 0.2) is 0 Å². The molecular weight excluding hydrogens is 246 g/mol. The number of nitrogens with one attached hydrogen (secondary N) is 1. The number of rotatable bonds is 7. The average molecular weight is 265 g/mol. The van der Waals surface area contributed by atoms with Crippen molar-refractivity contribution in [2.75, 3.05) is 7.11 Å². The highest BCUT2D eigenvalue weighted by molar-refractivity contribution is 5.67. The van der Waals surface area contributed by atoms with Gasteiger partial charge in [-0.2, -0.15) is 0 Å². The van der Waals surface area contributed by atoms with Gasteiger partial charge in [0.05, 0.1) is 19.6 Å². The molecule has 1 saturated carbocycles. The number of methoxy groups -OCH3 is 1. The molecule has 0 aromatic heterocycles. The van der Waals surface area contributed by atoms with Crippen molar-refractivity contribution in [3.05, 3.63) is 29.8 Å². The number of aliphatic hydroxyl groups excluding tert-OH is 1. The van der Waals surface area contributed by atoms with E-state index in [2.05, 4.69) is 5.32 Å². The van der Waals surface area contributed by atoms with Crippen LogP contribution in [0.15, 0.2) is 24.3 Å². The predicted octanol–water partition coefficient (Wildman–Crippen LogP) is 1.32. The molecule has 0 aliphatic heterocycles. The minimum Gasteiger partial charge on any atom is -0.497 e. The van der Waals surface area contributed by atoms with E-state index >= 15 is 0 Å². The van der Waals surface area contributed by atoms with Crippen molar-refractivity contribution >= 4 is 5.97 Å². The second-order valence-corrected chi connectivity index (χ2v) is 4.86. The van der Waals surface area contributed by atoms with E-state index in [0.29, 0.717) is 17.4 Å². The summed E-state index contributed by atoms with van der Waals surface area (Å²) in [5.74, 6) is -0.202. The number of aliphatic hydroxyl groups is 1. The Morgan fingerprint density at radius 2 is 2.05 bits per heavy atom.